The molecule has 1 N–H and O–H groups in total. The lowest BCUT2D eigenvalue weighted by molar-refractivity contribution is 0.246. The first kappa shape index (κ1) is 12.8. The Balaban J connectivity index is 1.63. The summed E-state index contributed by atoms with van der Waals surface area (Å²) in [6, 6.07) is 14.0. The molecule has 2 aromatic rings. The summed E-state index contributed by atoms with van der Waals surface area (Å²) >= 11 is 9.57. The van der Waals surface area contributed by atoms with Crippen LogP contribution in [0.25, 0.3) is 0 Å². The van der Waals surface area contributed by atoms with E-state index in [0.717, 1.165) is 28.9 Å². The summed E-state index contributed by atoms with van der Waals surface area (Å²) in [4.78, 5) is 0. The predicted octanol–water partition coefficient (Wildman–Crippen LogP) is 4.52. The van der Waals surface area contributed by atoms with Gasteiger partial charge < -0.3 is 10.1 Å². The molecule has 1 aliphatic rings. The minimum absolute atomic E-state index is 0.164. The molecular weight excluding hydrogens is 326 g/mol. The molecule has 0 spiro atoms. The van der Waals surface area contributed by atoms with E-state index in [1.807, 2.05) is 36.4 Å². The molecule has 0 aliphatic carbocycles. The molecule has 0 bridgehead atoms. The molecule has 0 radical (unpaired) electrons. The van der Waals surface area contributed by atoms with Gasteiger partial charge in [-0.25, -0.2) is 0 Å². The van der Waals surface area contributed by atoms with Gasteiger partial charge in [0.25, 0.3) is 0 Å². The van der Waals surface area contributed by atoms with Gasteiger partial charge in [-0.2, -0.15) is 0 Å². The van der Waals surface area contributed by atoms with Gasteiger partial charge in [-0.05, 0) is 29.8 Å². The van der Waals surface area contributed by atoms with Crippen LogP contribution in [0, 0.1) is 0 Å². The van der Waals surface area contributed by atoms with Gasteiger partial charge in [0.2, 0.25) is 0 Å². The summed E-state index contributed by atoms with van der Waals surface area (Å²) in [5, 5.41) is 4.05. The Bertz CT molecular complexity index is 577. The van der Waals surface area contributed by atoms with E-state index < -0.39 is 0 Å². The summed E-state index contributed by atoms with van der Waals surface area (Å²) < 4.78 is 6.86. The van der Waals surface area contributed by atoms with Crippen molar-refractivity contribution in [2.75, 3.05) is 11.9 Å². The monoisotopic (exact) mass is 337 g/mol. The fraction of sp³-hybridized carbons (Fsp3) is 0.200. The van der Waals surface area contributed by atoms with E-state index in [1.54, 1.807) is 0 Å². The number of anilines is 1. The third-order valence-corrected chi connectivity index (χ3v) is 3.97. The highest BCUT2D eigenvalue weighted by atomic mass is 79.9. The molecule has 19 heavy (non-hydrogen) atoms. The maximum absolute atomic E-state index is 6.17. The number of rotatable bonds is 3. The first-order valence-electron chi connectivity index (χ1n) is 6.16. The third-order valence-electron chi connectivity index (χ3n) is 3.17. The molecule has 98 valence electrons. The zero-order valence-corrected chi connectivity index (χ0v) is 12.5. The molecule has 0 fully saturated rings. The molecule has 4 heteroatoms. The lowest BCUT2D eigenvalue weighted by atomic mass is 10.1. The largest absolute Gasteiger partial charge is 0.488 e. The van der Waals surface area contributed by atoms with Crippen LogP contribution in [-0.4, -0.2) is 12.6 Å². The van der Waals surface area contributed by atoms with Crippen molar-refractivity contribution in [3.05, 3.63) is 57.5 Å². The van der Waals surface area contributed by atoms with Crippen molar-refractivity contribution in [1.82, 2.24) is 0 Å². The summed E-state index contributed by atoms with van der Waals surface area (Å²) in [7, 11) is 0. The number of halogens is 2. The van der Waals surface area contributed by atoms with Crippen LogP contribution in [0.1, 0.15) is 5.56 Å². The number of para-hydroxylation sites is 1. The molecule has 3 rings (SSSR count). The Labute approximate surface area is 125 Å². The second kappa shape index (κ2) is 5.43. The number of fused-ring (bicyclic) bond motifs is 1. The average molecular weight is 339 g/mol. The van der Waals surface area contributed by atoms with Gasteiger partial charge >= 0.3 is 0 Å². The van der Waals surface area contributed by atoms with Crippen molar-refractivity contribution >= 4 is 33.2 Å². The quantitative estimate of drug-likeness (QED) is 0.888. The first-order valence-corrected chi connectivity index (χ1v) is 7.33. The van der Waals surface area contributed by atoms with Crippen molar-refractivity contribution in [1.29, 1.82) is 0 Å². The molecule has 1 aliphatic heterocycles. The number of ether oxygens (including phenoxy) is 1. The van der Waals surface area contributed by atoms with Gasteiger partial charge in [0.05, 0.1) is 17.3 Å². The van der Waals surface area contributed by atoms with Crippen molar-refractivity contribution in [2.24, 2.45) is 0 Å². The van der Waals surface area contributed by atoms with E-state index in [9.17, 15) is 0 Å². The number of benzene rings is 2. The topological polar surface area (TPSA) is 21.3 Å². The Morgan fingerprint density at radius 1 is 1.26 bits per heavy atom. The maximum atomic E-state index is 6.17. The van der Waals surface area contributed by atoms with E-state index in [0.29, 0.717) is 5.02 Å². The van der Waals surface area contributed by atoms with Crippen LogP contribution in [-0.2, 0) is 6.42 Å². The molecule has 2 nitrogen and oxygen atoms in total. The third kappa shape index (κ3) is 2.88. The van der Waals surface area contributed by atoms with Gasteiger partial charge in [0.15, 0.2) is 0 Å². The highest BCUT2D eigenvalue weighted by Gasteiger charge is 2.21. The van der Waals surface area contributed by atoms with Crippen LogP contribution in [0.4, 0.5) is 5.69 Å². The van der Waals surface area contributed by atoms with Crippen molar-refractivity contribution < 1.29 is 4.74 Å². The second-order valence-electron chi connectivity index (χ2n) is 4.56. The average Bonchev–Trinajstić information content (AvgIpc) is 2.80. The number of nitrogens with one attached hydrogen (secondary N) is 1. The molecule has 1 heterocycles. The molecular formula is C15H13BrClNO. The highest BCUT2D eigenvalue weighted by molar-refractivity contribution is 9.10. The highest BCUT2D eigenvalue weighted by Crippen LogP contribution is 2.29. The normalized spacial score (nSPS) is 16.8. The van der Waals surface area contributed by atoms with Crippen molar-refractivity contribution in [3.63, 3.8) is 0 Å². The summed E-state index contributed by atoms with van der Waals surface area (Å²) in [5.41, 5.74) is 2.21. The minimum Gasteiger partial charge on any atom is -0.488 e. The summed E-state index contributed by atoms with van der Waals surface area (Å²) in [5.74, 6) is 0.996. The fourth-order valence-electron chi connectivity index (χ4n) is 2.22. The summed E-state index contributed by atoms with van der Waals surface area (Å²) in [6.07, 6.45) is 1.11. The Morgan fingerprint density at radius 3 is 2.89 bits per heavy atom. The zero-order chi connectivity index (χ0) is 13.2. The van der Waals surface area contributed by atoms with E-state index >= 15 is 0 Å². The first-order chi connectivity index (χ1) is 9.22. The lowest BCUT2D eigenvalue weighted by Crippen LogP contribution is -2.24. The number of hydrogen-bond donors (Lipinski definition) is 1. The zero-order valence-electron chi connectivity index (χ0n) is 10.2. The van der Waals surface area contributed by atoms with Gasteiger partial charge in [-0.3, -0.25) is 0 Å². The molecule has 1 atom stereocenters. The van der Waals surface area contributed by atoms with Crippen LogP contribution >= 0.6 is 27.5 Å². The smallest absolute Gasteiger partial charge is 0.123 e. The van der Waals surface area contributed by atoms with Gasteiger partial charge in [-0.15, -0.1) is 0 Å². The van der Waals surface area contributed by atoms with Crippen molar-refractivity contribution in [3.8, 4) is 5.75 Å². The van der Waals surface area contributed by atoms with Crippen LogP contribution in [0.3, 0.4) is 0 Å². The van der Waals surface area contributed by atoms with Gasteiger partial charge in [0, 0.05) is 10.9 Å². The van der Waals surface area contributed by atoms with Crippen LogP contribution < -0.4 is 10.1 Å². The van der Waals surface area contributed by atoms with Gasteiger partial charge in [-0.1, -0.05) is 45.7 Å². The minimum atomic E-state index is 0.164. The summed E-state index contributed by atoms with van der Waals surface area (Å²) in [6.45, 7) is 0.746. The molecule has 0 saturated carbocycles. The Morgan fingerprint density at radius 2 is 2.11 bits per heavy atom. The Kier molecular flexibility index (Phi) is 3.67. The maximum Gasteiger partial charge on any atom is 0.123 e. The Hall–Kier alpha value is -1.19. The van der Waals surface area contributed by atoms with Crippen LogP contribution in [0.15, 0.2) is 46.9 Å². The molecule has 2 aromatic carbocycles. The lowest BCUT2D eigenvalue weighted by Gasteiger charge is -2.14. The number of hydrogen-bond acceptors (Lipinski definition) is 2. The SMILES string of the molecule is Clc1cc(Br)ccc1NCC1Cc2ccccc2O1. The second-order valence-corrected chi connectivity index (χ2v) is 5.88. The van der Waals surface area contributed by atoms with E-state index in [4.69, 9.17) is 16.3 Å². The standard InChI is InChI=1S/C15H13BrClNO/c16-11-5-6-14(13(17)8-11)18-9-12-7-10-3-1-2-4-15(10)19-12/h1-6,8,12,18H,7,9H2. The fourth-order valence-corrected chi connectivity index (χ4v) is 2.96. The van der Waals surface area contributed by atoms with E-state index in [-0.39, 0.29) is 6.10 Å². The van der Waals surface area contributed by atoms with E-state index in [2.05, 4.69) is 27.3 Å². The molecule has 1 unspecified atom stereocenters. The molecule has 0 aromatic heterocycles. The van der Waals surface area contributed by atoms with Crippen LogP contribution in [0.5, 0.6) is 5.75 Å². The predicted molar refractivity (Wildman–Crippen MR) is 82.2 cm³/mol. The van der Waals surface area contributed by atoms with Crippen molar-refractivity contribution in [2.45, 2.75) is 12.5 Å². The van der Waals surface area contributed by atoms with Crippen LogP contribution in [0.2, 0.25) is 5.02 Å². The van der Waals surface area contributed by atoms with Gasteiger partial charge in [0.1, 0.15) is 11.9 Å². The molecule has 0 amide bonds. The van der Waals surface area contributed by atoms with E-state index in [1.165, 1.54) is 5.56 Å². The molecule has 0 saturated heterocycles.